The van der Waals surface area contributed by atoms with E-state index in [0.29, 0.717) is 12.0 Å². The van der Waals surface area contributed by atoms with Crippen LogP contribution in [0.3, 0.4) is 0 Å². The fourth-order valence-corrected chi connectivity index (χ4v) is 4.21. The second-order valence-electron chi connectivity index (χ2n) is 5.58. The second-order valence-corrected chi connectivity index (χ2v) is 6.50. The Morgan fingerprint density at radius 2 is 1.74 bits per heavy atom. The highest BCUT2D eigenvalue weighted by Gasteiger charge is 2.30. The number of hydrogen-bond donors (Lipinski definition) is 1. The standard InChI is InChI=1S/C19H14FNOS/c20-16-9-5-4-8-13(16)15-11-23-19-14(10-17(22)21-18(15)19)12-6-2-1-3-7-12/h1-9,11,14H,10H2,(H,21,22)/t14-/m1/s1. The van der Waals surface area contributed by atoms with Crippen molar-refractivity contribution in [1.29, 1.82) is 0 Å². The second kappa shape index (κ2) is 5.63. The molecular weight excluding hydrogens is 309 g/mol. The van der Waals surface area contributed by atoms with Crippen LogP contribution in [0.4, 0.5) is 10.1 Å². The Bertz CT molecular complexity index is 872. The summed E-state index contributed by atoms with van der Waals surface area (Å²) in [6.45, 7) is 0. The van der Waals surface area contributed by atoms with E-state index >= 15 is 0 Å². The summed E-state index contributed by atoms with van der Waals surface area (Å²) in [4.78, 5) is 13.3. The zero-order chi connectivity index (χ0) is 15.8. The van der Waals surface area contributed by atoms with Crippen LogP contribution in [0.1, 0.15) is 22.8 Å². The van der Waals surface area contributed by atoms with E-state index in [1.54, 1.807) is 23.5 Å². The first-order valence-electron chi connectivity index (χ1n) is 7.45. The molecule has 1 aliphatic heterocycles. The smallest absolute Gasteiger partial charge is 0.225 e. The summed E-state index contributed by atoms with van der Waals surface area (Å²) < 4.78 is 14.1. The van der Waals surface area contributed by atoms with Crippen molar-refractivity contribution < 1.29 is 9.18 Å². The molecule has 0 unspecified atom stereocenters. The summed E-state index contributed by atoms with van der Waals surface area (Å²) in [6, 6.07) is 16.7. The Hall–Kier alpha value is -2.46. The Morgan fingerprint density at radius 1 is 1.00 bits per heavy atom. The lowest BCUT2D eigenvalue weighted by atomic mass is 9.89. The SMILES string of the molecule is O=C1C[C@H](c2ccccc2)c2scc(-c3ccccc3F)c2N1. The van der Waals surface area contributed by atoms with E-state index in [1.807, 2.05) is 41.8 Å². The monoisotopic (exact) mass is 323 g/mol. The van der Waals surface area contributed by atoms with Gasteiger partial charge in [0.05, 0.1) is 5.69 Å². The molecule has 3 aromatic rings. The number of rotatable bonds is 2. The molecule has 2 nitrogen and oxygen atoms in total. The van der Waals surface area contributed by atoms with E-state index in [9.17, 15) is 9.18 Å². The third kappa shape index (κ3) is 2.45. The first kappa shape index (κ1) is 14.2. The number of carbonyl (C=O) groups is 1. The van der Waals surface area contributed by atoms with Gasteiger partial charge in [0.2, 0.25) is 5.91 Å². The minimum Gasteiger partial charge on any atom is -0.325 e. The van der Waals surface area contributed by atoms with Gasteiger partial charge in [-0.05, 0) is 11.6 Å². The topological polar surface area (TPSA) is 29.1 Å². The summed E-state index contributed by atoms with van der Waals surface area (Å²) in [7, 11) is 0. The average molecular weight is 323 g/mol. The number of carbonyl (C=O) groups excluding carboxylic acids is 1. The lowest BCUT2D eigenvalue weighted by molar-refractivity contribution is -0.116. The van der Waals surface area contributed by atoms with Crippen LogP contribution < -0.4 is 5.32 Å². The molecule has 0 radical (unpaired) electrons. The van der Waals surface area contributed by atoms with E-state index in [2.05, 4.69) is 5.32 Å². The number of nitrogens with one attached hydrogen (secondary N) is 1. The fourth-order valence-electron chi connectivity index (χ4n) is 3.06. The maximum absolute atomic E-state index is 14.1. The van der Waals surface area contributed by atoms with Crippen LogP contribution in [0.15, 0.2) is 60.0 Å². The number of halogens is 1. The van der Waals surface area contributed by atoms with Gasteiger partial charge in [-0.2, -0.15) is 0 Å². The van der Waals surface area contributed by atoms with Gasteiger partial charge in [0.25, 0.3) is 0 Å². The Kier molecular flexibility index (Phi) is 3.46. The van der Waals surface area contributed by atoms with E-state index < -0.39 is 0 Å². The molecule has 1 atom stereocenters. The molecule has 0 bridgehead atoms. The molecule has 4 heteroatoms. The molecule has 0 aliphatic carbocycles. The highest BCUT2D eigenvalue weighted by atomic mass is 32.1. The number of amides is 1. The van der Waals surface area contributed by atoms with Crippen molar-refractivity contribution in [2.24, 2.45) is 0 Å². The zero-order valence-corrected chi connectivity index (χ0v) is 13.1. The quantitative estimate of drug-likeness (QED) is 0.704. The molecule has 0 fully saturated rings. The number of hydrogen-bond acceptors (Lipinski definition) is 2. The predicted molar refractivity (Wildman–Crippen MR) is 91.2 cm³/mol. The lowest BCUT2D eigenvalue weighted by Gasteiger charge is -2.24. The van der Waals surface area contributed by atoms with Crippen LogP contribution in [-0.2, 0) is 4.79 Å². The minimum absolute atomic E-state index is 0.0256. The van der Waals surface area contributed by atoms with Crippen LogP contribution in [0.5, 0.6) is 0 Å². The third-order valence-corrected chi connectivity index (χ3v) is 5.25. The predicted octanol–water partition coefficient (Wildman–Crippen LogP) is 5.03. The highest BCUT2D eigenvalue weighted by Crippen LogP contribution is 2.46. The van der Waals surface area contributed by atoms with Gasteiger partial charge in [0.1, 0.15) is 5.82 Å². The Morgan fingerprint density at radius 3 is 2.52 bits per heavy atom. The molecule has 1 aliphatic rings. The van der Waals surface area contributed by atoms with Crippen molar-refractivity contribution in [3.8, 4) is 11.1 Å². The normalized spacial score (nSPS) is 16.7. The summed E-state index contributed by atoms with van der Waals surface area (Å²) in [6.07, 6.45) is 0.425. The molecule has 1 N–H and O–H groups in total. The van der Waals surface area contributed by atoms with Crippen LogP contribution in [0.2, 0.25) is 0 Å². The molecular formula is C19H14FNOS. The summed E-state index contributed by atoms with van der Waals surface area (Å²) in [5, 5.41) is 4.87. The first-order chi connectivity index (χ1) is 11.2. The van der Waals surface area contributed by atoms with Crippen molar-refractivity contribution in [2.45, 2.75) is 12.3 Å². The van der Waals surface area contributed by atoms with E-state index in [4.69, 9.17) is 0 Å². The average Bonchev–Trinajstić information content (AvgIpc) is 2.99. The van der Waals surface area contributed by atoms with E-state index in [-0.39, 0.29) is 17.6 Å². The Balaban J connectivity index is 1.85. The molecule has 0 saturated carbocycles. The summed E-state index contributed by atoms with van der Waals surface area (Å²) in [5.74, 6) is -0.267. The van der Waals surface area contributed by atoms with Gasteiger partial charge in [-0.15, -0.1) is 11.3 Å². The van der Waals surface area contributed by atoms with Crippen molar-refractivity contribution in [2.75, 3.05) is 5.32 Å². The summed E-state index contributed by atoms with van der Waals surface area (Å²) in [5.41, 5.74) is 3.16. The molecule has 2 heterocycles. The fraction of sp³-hybridized carbons (Fsp3) is 0.105. The maximum atomic E-state index is 14.1. The van der Waals surface area contributed by atoms with Crippen LogP contribution in [0.25, 0.3) is 11.1 Å². The van der Waals surface area contributed by atoms with Gasteiger partial charge < -0.3 is 5.32 Å². The zero-order valence-electron chi connectivity index (χ0n) is 12.3. The van der Waals surface area contributed by atoms with Gasteiger partial charge in [-0.1, -0.05) is 48.5 Å². The van der Waals surface area contributed by atoms with E-state index in [0.717, 1.165) is 21.7 Å². The van der Waals surface area contributed by atoms with Crippen molar-refractivity contribution >= 4 is 22.9 Å². The highest BCUT2D eigenvalue weighted by molar-refractivity contribution is 7.11. The largest absolute Gasteiger partial charge is 0.325 e. The number of anilines is 1. The molecule has 0 spiro atoms. The van der Waals surface area contributed by atoms with Crippen molar-refractivity contribution in [3.05, 3.63) is 76.2 Å². The van der Waals surface area contributed by atoms with Gasteiger partial charge >= 0.3 is 0 Å². The van der Waals surface area contributed by atoms with Crippen LogP contribution >= 0.6 is 11.3 Å². The van der Waals surface area contributed by atoms with Gasteiger partial charge in [-0.3, -0.25) is 4.79 Å². The number of thiophene rings is 1. The van der Waals surface area contributed by atoms with Gasteiger partial charge in [-0.25, -0.2) is 4.39 Å². The summed E-state index contributed by atoms with van der Waals surface area (Å²) >= 11 is 1.58. The minimum atomic E-state index is -0.274. The first-order valence-corrected chi connectivity index (χ1v) is 8.33. The maximum Gasteiger partial charge on any atom is 0.225 e. The third-order valence-electron chi connectivity index (χ3n) is 4.16. The number of benzene rings is 2. The van der Waals surface area contributed by atoms with E-state index in [1.165, 1.54) is 6.07 Å². The van der Waals surface area contributed by atoms with Crippen LogP contribution in [0, 0.1) is 5.82 Å². The van der Waals surface area contributed by atoms with Crippen molar-refractivity contribution in [3.63, 3.8) is 0 Å². The molecule has 23 heavy (non-hydrogen) atoms. The molecule has 1 aromatic heterocycles. The lowest BCUT2D eigenvalue weighted by Crippen LogP contribution is -2.22. The molecule has 114 valence electrons. The Labute approximate surface area is 137 Å². The molecule has 4 rings (SSSR count). The van der Waals surface area contributed by atoms with Crippen molar-refractivity contribution in [1.82, 2.24) is 0 Å². The molecule has 1 amide bonds. The molecule has 2 aromatic carbocycles. The number of fused-ring (bicyclic) bond motifs is 1. The van der Waals surface area contributed by atoms with Gasteiger partial charge in [0.15, 0.2) is 0 Å². The molecule has 0 saturated heterocycles. The van der Waals surface area contributed by atoms with Crippen LogP contribution in [-0.4, -0.2) is 5.91 Å². The van der Waals surface area contributed by atoms with Gasteiger partial charge in [0, 0.05) is 33.7 Å².